The number of rotatable bonds is 4. The third-order valence-electron chi connectivity index (χ3n) is 6.41. The van der Waals surface area contributed by atoms with Crippen molar-refractivity contribution in [1.29, 1.82) is 0 Å². The van der Waals surface area contributed by atoms with Gasteiger partial charge in [0.15, 0.2) is 0 Å². The van der Waals surface area contributed by atoms with E-state index in [4.69, 9.17) is 4.74 Å². The average molecular weight is 357 g/mol. The zero-order valence-electron chi connectivity index (χ0n) is 15.7. The highest BCUT2D eigenvalue weighted by atomic mass is 16.5. The molecule has 3 aliphatic heterocycles. The quantitative estimate of drug-likeness (QED) is 0.831. The second-order valence-corrected chi connectivity index (χ2v) is 8.07. The van der Waals surface area contributed by atoms with E-state index in [2.05, 4.69) is 20.9 Å². The topological polar surface area (TPSA) is 45.7 Å². The van der Waals surface area contributed by atoms with Crippen molar-refractivity contribution in [2.45, 2.75) is 57.0 Å². The van der Waals surface area contributed by atoms with E-state index < -0.39 is 0 Å². The number of hydrogen-bond acceptors (Lipinski definition) is 4. The summed E-state index contributed by atoms with van der Waals surface area (Å²) in [6.45, 7) is 4.62. The highest BCUT2D eigenvalue weighted by molar-refractivity contribution is 5.82. The van der Waals surface area contributed by atoms with Gasteiger partial charge in [-0.05, 0) is 69.0 Å². The number of amides is 1. The van der Waals surface area contributed by atoms with Crippen molar-refractivity contribution in [3.63, 3.8) is 0 Å². The minimum atomic E-state index is 0.118. The predicted molar refractivity (Wildman–Crippen MR) is 101 cm³/mol. The van der Waals surface area contributed by atoms with Crippen LogP contribution in [0.3, 0.4) is 0 Å². The molecule has 4 rings (SSSR count). The molecule has 1 aromatic rings. The molecule has 0 spiro atoms. The maximum atomic E-state index is 13.2. The van der Waals surface area contributed by atoms with Gasteiger partial charge in [0.25, 0.3) is 0 Å². The number of ether oxygens (including phenoxy) is 1. The van der Waals surface area contributed by atoms with E-state index in [-0.39, 0.29) is 6.04 Å². The largest absolute Gasteiger partial charge is 0.381 e. The number of carbonyl (C=O) groups excluding carboxylic acids is 1. The molecule has 5 nitrogen and oxygen atoms in total. The smallest absolute Gasteiger partial charge is 0.239 e. The Hall–Kier alpha value is -1.46. The van der Waals surface area contributed by atoms with Crippen molar-refractivity contribution in [3.05, 3.63) is 30.1 Å². The van der Waals surface area contributed by atoms with Crippen LogP contribution in [0.15, 0.2) is 24.5 Å². The monoisotopic (exact) mass is 357 g/mol. The molecule has 0 saturated carbocycles. The number of hydrogen-bond donors (Lipinski definition) is 0. The summed E-state index contributed by atoms with van der Waals surface area (Å²) < 4.78 is 5.51. The molecule has 26 heavy (non-hydrogen) atoms. The molecule has 142 valence electrons. The zero-order chi connectivity index (χ0) is 17.8. The van der Waals surface area contributed by atoms with Gasteiger partial charge in [0.2, 0.25) is 5.91 Å². The second-order valence-electron chi connectivity index (χ2n) is 8.07. The normalized spacial score (nSPS) is 26.3. The molecule has 0 radical (unpaired) electrons. The number of pyridine rings is 1. The van der Waals surface area contributed by atoms with Crippen molar-refractivity contribution < 1.29 is 9.53 Å². The molecule has 1 unspecified atom stereocenters. The maximum absolute atomic E-state index is 13.2. The van der Waals surface area contributed by atoms with Gasteiger partial charge in [0.1, 0.15) is 0 Å². The van der Waals surface area contributed by atoms with E-state index in [0.717, 1.165) is 77.8 Å². The molecule has 1 aromatic heterocycles. The summed E-state index contributed by atoms with van der Waals surface area (Å²) in [5.74, 6) is 1.06. The van der Waals surface area contributed by atoms with E-state index in [0.29, 0.717) is 17.9 Å². The van der Waals surface area contributed by atoms with E-state index >= 15 is 0 Å². The molecule has 0 bridgehead atoms. The number of carbonyl (C=O) groups is 1. The number of piperidine rings is 1. The highest BCUT2D eigenvalue weighted by Crippen LogP contribution is 2.28. The van der Waals surface area contributed by atoms with Crippen molar-refractivity contribution >= 4 is 5.91 Å². The van der Waals surface area contributed by atoms with E-state index in [9.17, 15) is 4.79 Å². The Kier molecular flexibility index (Phi) is 5.85. The Morgan fingerprint density at radius 2 is 1.92 bits per heavy atom. The minimum Gasteiger partial charge on any atom is -0.381 e. The van der Waals surface area contributed by atoms with Gasteiger partial charge in [-0.1, -0.05) is 6.07 Å². The van der Waals surface area contributed by atoms with Crippen LogP contribution >= 0.6 is 0 Å². The van der Waals surface area contributed by atoms with Gasteiger partial charge in [-0.25, -0.2) is 0 Å². The van der Waals surface area contributed by atoms with Gasteiger partial charge in [0, 0.05) is 44.7 Å². The lowest BCUT2D eigenvalue weighted by Crippen LogP contribution is -2.52. The van der Waals surface area contributed by atoms with Crippen LogP contribution in [-0.2, 0) is 16.0 Å². The Balaban J connectivity index is 1.30. The standard InChI is InChI=1S/C21H31N3O2/c25-21(20-4-2-10-24(20)19-7-13-26-14-8-19)23-11-5-17(6-12-23)15-18-3-1-9-22-16-18/h1,3,9,16-17,19-20H,2,4-8,10-15H2. The lowest BCUT2D eigenvalue weighted by Gasteiger charge is -2.39. The molecule has 0 aliphatic carbocycles. The molecule has 3 fully saturated rings. The number of likely N-dealkylation sites (tertiary alicyclic amines) is 2. The average Bonchev–Trinajstić information content (AvgIpc) is 3.19. The van der Waals surface area contributed by atoms with Crippen LogP contribution in [0.1, 0.15) is 44.1 Å². The van der Waals surface area contributed by atoms with Gasteiger partial charge < -0.3 is 9.64 Å². The SMILES string of the molecule is O=C(C1CCCN1C1CCOCC1)N1CCC(Cc2cccnc2)CC1. The van der Waals surface area contributed by atoms with Crippen molar-refractivity contribution in [2.75, 3.05) is 32.8 Å². The van der Waals surface area contributed by atoms with Gasteiger partial charge in [-0.3, -0.25) is 14.7 Å². The first-order valence-corrected chi connectivity index (χ1v) is 10.3. The molecule has 4 heterocycles. The van der Waals surface area contributed by atoms with Crippen molar-refractivity contribution in [1.82, 2.24) is 14.8 Å². The van der Waals surface area contributed by atoms with Crippen LogP contribution in [0, 0.1) is 5.92 Å². The first-order chi connectivity index (χ1) is 12.8. The lowest BCUT2D eigenvalue weighted by atomic mass is 9.90. The van der Waals surface area contributed by atoms with Crippen LogP contribution in [0.25, 0.3) is 0 Å². The molecule has 0 N–H and O–H groups in total. The predicted octanol–water partition coefficient (Wildman–Crippen LogP) is 2.51. The van der Waals surface area contributed by atoms with Crippen LogP contribution in [0.2, 0.25) is 0 Å². The first kappa shape index (κ1) is 17.9. The third kappa shape index (κ3) is 4.09. The summed E-state index contributed by atoms with van der Waals surface area (Å²) >= 11 is 0. The van der Waals surface area contributed by atoms with Gasteiger partial charge in [-0.2, -0.15) is 0 Å². The molecule has 5 heteroatoms. The second kappa shape index (κ2) is 8.49. The zero-order valence-corrected chi connectivity index (χ0v) is 15.7. The summed E-state index contributed by atoms with van der Waals surface area (Å²) in [7, 11) is 0. The third-order valence-corrected chi connectivity index (χ3v) is 6.41. The Morgan fingerprint density at radius 1 is 1.12 bits per heavy atom. The molecule has 3 saturated heterocycles. The Bertz CT molecular complexity index is 580. The summed E-state index contributed by atoms with van der Waals surface area (Å²) in [6, 6.07) is 4.84. The molecule has 1 atom stereocenters. The van der Waals surface area contributed by atoms with E-state index in [1.54, 1.807) is 0 Å². The van der Waals surface area contributed by atoms with Gasteiger partial charge >= 0.3 is 0 Å². The summed E-state index contributed by atoms with van der Waals surface area (Å²) in [5, 5.41) is 0. The number of aromatic nitrogens is 1. The minimum absolute atomic E-state index is 0.118. The highest BCUT2D eigenvalue weighted by Gasteiger charge is 2.38. The molecule has 0 aromatic carbocycles. The summed E-state index contributed by atoms with van der Waals surface area (Å²) in [6.07, 6.45) is 11.5. The summed E-state index contributed by atoms with van der Waals surface area (Å²) in [4.78, 5) is 22.0. The van der Waals surface area contributed by atoms with Crippen LogP contribution < -0.4 is 0 Å². The van der Waals surface area contributed by atoms with Crippen LogP contribution in [0.4, 0.5) is 0 Å². The Labute approximate surface area is 156 Å². The molecular formula is C21H31N3O2. The lowest BCUT2D eigenvalue weighted by molar-refractivity contribution is -0.138. The Morgan fingerprint density at radius 3 is 2.65 bits per heavy atom. The fourth-order valence-electron chi connectivity index (χ4n) is 4.93. The van der Waals surface area contributed by atoms with Crippen LogP contribution in [0.5, 0.6) is 0 Å². The molecular weight excluding hydrogens is 326 g/mol. The summed E-state index contributed by atoms with van der Waals surface area (Å²) in [5.41, 5.74) is 1.32. The fraction of sp³-hybridized carbons (Fsp3) is 0.714. The van der Waals surface area contributed by atoms with Gasteiger partial charge in [-0.15, -0.1) is 0 Å². The van der Waals surface area contributed by atoms with E-state index in [1.807, 2.05) is 18.5 Å². The van der Waals surface area contributed by atoms with Crippen LogP contribution in [-0.4, -0.2) is 65.6 Å². The fourth-order valence-corrected chi connectivity index (χ4v) is 4.93. The molecule has 1 amide bonds. The van der Waals surface area contributed by atoms with Crippen molar-refractivity contribution in [2.24, 2.45) is 5.92 Å². The van der Waals surface area contributed by atoms with E-state index in [1.165, 1.54) is 5.56 Å². The van der Waals surface area contributed by atoms with Crippen molar-refractivity contribution in [3.8, 4) is 0 Å². The number of nitrogens with zero attached hydrogens (tertiary/aromatic N) is 3. The first-order valence-electron chi connectivity index (χ1n) is 10.3. The molecule has 3 aliphatic rings. The van der Waals surface area contributed by atoms with Gasteiger partial charge in [0.05, 0.1) is 6.04 Å². The maximum Gasteiger partial charge on any atom is 0.239 e.